The Hall–Kier alpha value is -3.54. The average molecular weight is 600 g/mol. The summed E-state index contributed by atoms with van der Waals surface area (Å²) in [5.41, 5.74) is 0.762. The highest BCUT2D eigenvalue weighted by atomic mass is 32.2. The van der Waals surface area contributed by atoms with Gasteiger partial charge in [0.25, 0.3) is 6.43 Å². The van der Waals surface area contributed by atoms with Gasteiger partial charge in [0.05, 0.1) is 16.5 Å². The van der Waals surface area contributed by atoms with Crippen molar-refractivity contribution >= 4 is 49.2 Å². The molecule has 2 aliphatic rings. The summed E-state index contributed by atoms with van der Waals surface area (Å²) in [5, 5.41) is 18.2. The predicted molar refractivity (Wildman–Crippen MR) is 148 cm³/mol. The van der Waals surface area contributed by atoms with Gasteiger partial charge in [0.1, 0.15) is 11.2 Å². The molecule has 0 atom stereocenters. The van der Waals surface area contributed by atoms with Crippen LogP contribution in [0.25, 0.3) is 27.1 Å². The Morgan fingerprint density at radius 2 is 1.93 bits per heavy atom. The normalized spacial score (nSPS) is 17.5. The number of sulfonamides is 1. The number of amides is 1. The third-order valence-corrected chi connectivity index (χ3v) is 10.3. The van der Waals surface area contributed by atoms with E-state index < -0.39 is 27.0 Å². The fourth-order valence-electron chi connectivity index (χ4n) is 5.49. The number of fused-ring (bicyclic) bond motifs is 3. The zero-order valence-corrected chi connectivity index (χ0v) is 24.0. The van der Waals surface area contributed by atoms with Crippen LogP contribution in [0.3, 0.4) is 0 Å². The van der Waals surface area contributed by atoms with Crippen molar-refractivity contribution in [3.8, 4) is 11.2 Å². The molecule has 2 fully saturated rings. The number of halogens is 2. The van der Waals surface area contributed by atoms with Crippen molar-refractivity contribution in [2.75, 3.05) is 13.1 Å². The summed E-state index contributed by atoms with van der Waals surface area (Å²) >= 11 is 0.711. The molecule has 41 heavy (non-hydrogen) atoms. The first-order valence-corrected chi connectivity index (χ1v) is 15.6. The number of nitriles is 1. The SMILES string of the molecule is CC(C)C(=O)N1CCC(c2ccnc3c2c2ccc(S(=O)(=O)NC4(C#N)CC4)cc2n3-c2nnc(C(F)F)s2)CC1. The summed E-state index contributed by atoms with van der Waals surface area (Å²) in [6.45, 7) is 5.01. The smallest absolute Gasteiger partial charge is 0.291 e. The third-order valence-electron chi connectivity index (χ3n) is 7.81. The molecule has 1 aliphatic carbocycles. The van der Waals surface area contributed by atoms with Crippen LogP contribution in [-0.4, -0.2) is 57.6 Å². The van der Waals surface area contributed by atoms with Gasteiger partial charge >= 0.3 is 0 Å². The van der Waals surface area contributed by atoms with E-state index >= 15 is 0 Å². The van der Waals surface area contributed by atoms with Gasteiger partial charge in [0.15, 0.2) is 5.01 Å². The van der Waals surface area contributed by atoms with Gasteiger partial charge in [-0.1, -0.05) is 31.3 Å². The Kier molecular flexibility index (Phi) is 6.79. The summed E-state index contributed by atoms with van der Waals surface area (Å²) in [7, 11) is -4.05. The van der Waals surface area contributed by atoms with Crippen molar-refractivity contribution in [3.05, 3.63) is 41.0 Å². The van der Waals surface area contributed by atoms with Crippen LogP contribution in [0.5, 0.6) is 0 Å². The minimum absolute atomic E-state index is 0.0590. The number of carbonyl (C=O) groups is 1. The van der Waals surface area contributed by atoms with E-state index in [9.17, 15) is 27.3 Å². The second-order valence-electron chi connectivity index (χ2n) is 10.9. The van der Waals surface area contributed by atoms with E-state index in [0.29, 0.717) is 53.8 Å². The van der Waals surface area contributed by atoms with Crippen molar-refractivity contribution in [1.82, 2.24) is 29.4 Å². The van der Waals surface area contributed by atoms with Crippen LogP contribution in [0.1, 0.15) is 62.4 Å². The molecule has 1 N–H and O–H groups in total. The zero-order valence-electron chi connectivity index (χ0n) is 22.3. The number of pyridine rings is 1. The first-order chi connectivity index (χ1) is 19.5. The van der Waals surface area contributed by atoms with Crippen molar-refractivity contribution < 1.29 is 22.0 Å². The van der Waals surface area contributed by atoms with Gasteiger partial charge in [0.2, 0.25) is 21.1 Å². The molecule has 0 unspecified atom stereocenters. The van der Waals surface area contributed by atoms with E-state index in [1.165, 1.54) is 12.1 Å². The second kappa shape index (κ2) is 10.1. The molecule has 4 aromatic rings. The lowest BCUT2D eigenvalue weighted by atomic mass is 9.87. The summed E-state index contributed by atoms with van der Waals surface area (Å²) < 4.78 is 57.5. The molecule has 1 aromatic carbocycles. The fourth-order valence-corrected chi connectivity index (χ4v) is 7.60. The lowest BCUT2D eigenvalue weighted by Crippen LogP contribution is -2.40. The highest BCUT2D eigenvalue weighted by molar-refractivity contribution is 7.89. The van der Waals surface area contributed by atoms with Crippen molar-refractivity contribution in [1.29, 1.82) is 5.26 Å². The van der Waals surface area contributed by atoms with Crippen molar-refractivity contribution in [2.45, 2.75) is 62.3 Å². The van der Waals surface area contributed by atoms with E-state index in [-0.39, 0.29) is 27.8 Å². The Bertz CT molecular complexity index is 1820. The van der Waals surface area contributed by atoms with Crippen LogP contribution < -0.4 is 4.72 Å². The molecule has 1 saturated heterocycles. The van der Waals surface area contributed by atoms with Crippen LogP contribution in [0.15, 0.2) is 35.4 Å². The molecule has 1 amide bonds. The van der Waals surface area contributed by atoms with Gasteiger partial charge in [-0.2, -0.15) is 9.98 Å². The van der Waals surface area contributed by atoms with Gasteiger partial charge < -0.3 is 4.90 Å². The molecule has 1 aliphatic heterocycles. The van der Waals surface area contributed by atoms with E-state index in [1.807, 2.05) is 30.9 Å². The van der Waals surface area contributed by atoms with Crippen molar-refractivity contribution in [3.63, 3.8) is 0 Å². The first kappa shape index (κ1) is 27.6. The zero-order chi connectivity index (χ0) is 29.1. The topological polar surface area (TPSA) is 134 Å². The number of nitrogens with one attached hydrogen (secondary N) is 1. The van der Waals surface area contributed by atoms with Crippen LogP contribution in [0.2, 0.25) is 0 Å². The summed E-state index contributed by atoms with van der Waals surface area (Å²) in [6, 6.07) is 8.59. The number of alkyl halides is 2. The predicted octanol–water partition coefficient (Wildman–Crippen LogP) is 4.66. The van der Waals surface area contributed by atoms with Gasteiger partial charge in [-0.3, -0.25) is 9.36 Å². The minimum Gasteiger partial charge on any atom is -0.342 e. The molecule has 3 aromatic heterocycles. The number of hydrogen-bond donors (Lipinski definition) is 1. The van der Waals surface area contributed by atoms with Gasteiger partial charge in [-0.25, -0.2) is 22.2 Å². The van der Waals surface area contributed by atoms with E-state index in [0.717, 1.165) is 23.8 Å². The molecule has 4 heterocycles. The average Bonchev–Trinajstić information content (AvgIpc) is 3.39. The van der Waals surface area contributed by atoms with E-state index in [1.54, 1.807) is 16.8 Å². The third kappa shape index (κ3) is 4.85. The number of nitrogens with zero attached hydrogens (tertiary/aromatic N) is 6. The molecule has 0 radical (unpaired) electrons. The minimum atomic E-state index is -4.05. The number of hydrogen-bond acceptors (Lipinski definition) is 8. The molecule has 1 saturated carbocycles. The van der Waals surface area contributed by atoms with Crippen LogP contribution in [0.4, 0.5) is 8.78 Å². The number of piperidine rings is 1. The number of benzene rings is 1. The lowest BCUT2D eigenvalue weighted by molar-refractivity contribution is -0.135. The van der Waals surface area contributed by atoms with Crippen LogP contribution >= 0.6 is 11.3 Å². The standard InChI is InChI=1S/C27H27F2N7O3S2/c1-15(2)25(37)35-11-6-16(7-12-35)18-5-10-31-23-21(18)19-4-3-17(41(38,39)34-27(14-30)8-9-27)13-20(19)36(23)26-33-32-24(40-26)22(28)29/h3-5,10,13,15-16,22,34H,6-9,11-12H2,1-2H3. The molecule has 0 bridgehead atoms. The van der Waals surface area contributed by atoms with Crippen LogP contribution in [0, 0.1) is 17.2 Å². The monoisotopic (exact) mass is 599 g/mol. The molecule has 14 heteroatoms. The Morgan fingerprint density at radius 3 is 2.54 bits per heavy atom. The molecule has 214 valence electrons. The molecule has 0 spiro atoms. The quantitative estimate of drug-likeness (QED) is 0.326. The fraction of sp³-hybridized carbons (Fsp3) is 0.444. The Morgan fingerprint density at radius 1 is 1.20 bits per heavy atom. The first-order valence-electron chi connectivity index (χ1n) is 13.3. The van der Waals surface area contributed by atoms with E-state index in [2.05, 4.69) is 19.9 Å². The van der Waals surface area contributed by atoms with Gasteiger partial charge in [0, 0.05) is 36.0 Å². The van der Waals surface area contributed by atoms with Gasteiger partial charge in [-0.15, -0.1) is 10.2 Å². The van der Waals surface area contributed by atoms with E-state index in [4.69, 9.17) is 0 Å². The number of likely N-dealkylation sites (tertiary alicyclic amines) is 1. The summed E-state index contributed by atoms with van der Waals surface area (Å²) in [4.78, 5) is 18.9. The molecule has 6 rings (SSSR count). The summed E-state index contributed by atoms with van der Waals surface area (Å²) in [5.74, 6) is 0.153. The van der Waals surface area contributed by atoms with Crippen LogP contribution in [-0.2, 0) is 14.8 Å². The highest BCUT2D eigenvalue weighted by Gasteiger charge is 2.47. The second-order valence-corrected chi connectivity index (χ2v) is 13.6. The maximum atomic E-state index is 13.5. The van der Waals surface area contributed by atoms with Gasteiger partial charge in [-0.05, 0) is 55.4 Å². The number of rotatable bonds is 7. The molecular weight excluding hydrogens is 572 g/mol. The van der Waals surface area contributed by atoms with Crippen molar-refractivity contribution in [2.24, 2.45) is 5.92 Å². The highest BCUT2D eigenvalue weighted by Crippen LogP contribution is 2.41. The Labute approximate surface area is 239 Å². The number of aromatic nitrogens is 4. The maximum absolute atomic E-state index is 13.5. The Balaban J connectivity index is 1.49. The summed E-state index contributed by atoms with van der Waals surface area (Å²) in [6.07, 6.45) is 1.19. The maximum Gasteiger partial charge on any atom is 0.291 e. The largest absolute Gasteiger partial charge is 0.342 e. The molecular formula is C27H27F2N7O3S2. The molecule has 10 nitrogen and oxygen atoms in total. The number of carbonyl (C=O) groups excluding carboxylic acids is 1. The lowest BCUT2D eigenvalue weighted by Gasteiger charge is -2.33.